The average molecular weight is 291 g/mol. The maximum Gasteiger partial charge on any atom is 0.162 e. The molecule has 0 heterocycles. The molecule has 3 N–H and O–H groups in total. The van der Waals surface area contributed by atoms with Gasteiger partial charge in [0.05, 0.1) is 13.7 Å². The lowest BCUT2D eigenvalue weighted by Gasteiger charge is -2.20. The first-order valence-electron chi connectivity index (χ1n) is 6.58. The van der Waals surface area contributed by atoms with Crippen molar-refractivity contribution < 1.29 is 19.0 Å². The van der Waals surface area contributed by atoms with Crippen molar-refractivity contribution in [1.82, 2.24) is 0 Å². The van der Waals surface area contributed by atoms with Crippen molar-refractivity contribution in [2.24, 2.45) is 5.73 Å². The second-order valence-corrected chi connectivity index (χ2v) is 4.54. The molecule has 0 fully saturated rings. The number of rotatable bonds is 6. The number of nitrogens with two attached hydrogens (primary N) is 1. The lowest BCUT2D eigenvalue weighted by Crippen LogP contribution is -2.19. The third-order valence-electron chi connectivity index (χ3n) is 3.11. The van der Waals surface area contributed by atoms with E-state index in [0.29, 0.717) is 22.6 Å². The summed E-state index contributed by atoms with van der Waals surface area (Å²) in [5.74, 6) is 0.656. The molecule has 0 amide bonds. The van der Waals surface area contributed by atoms with Crippen LogP contribution in [0.2, 0.25) is 0 Å². The van der Waals surface area contributed by atoms with E-state index in [1.165, 1.54) is 19.2 Å². The van der Waals surface area contributed by atoms with Gasteiger partial charge in [-0.2, -0.15) is 0 Å². The van der Waals surface area contributed by atoms with Gasteiger partial charge in [-0.15, -0.1) is 0 Å². The minimum atomic E-state index is -0.477. The van der Waals surface area contributed by atoms with Crippen LogP contribution in [0.5, 0.6) is 11.5 Å². The summed E-state index contributed by atoms with van der Waals surface area (Å²) in [7, 11) is 1.52. The molecule has 21 heavy (non-hydrogen) atoms. The summed E-state index contributed by atoms with van der Waals surface area (Å²) in [4.78, 5) is 0. The van der Waals surface area contributed by atoms with E-state index in [0.717, 1.165) is 0 Å². The summed E-state index contributed by atoms with van der Waals surface area (Å²) >= 11 is 0. The molecular weight excluding hydrogens is 273 g/mol. The summed E-state index contributed by atoms with van der Waals surface area (Å²) < 4.78 is 24.4. The first-order valence-corrected chi connectivity index (χ1v) is 6.58. The molecule has 0 aliphatic heterocycles. The van der Waals surface area contributed by atoms with Gasteiger partial charge in [-0.05, 0) is 35.4 Å². The number of halogens is 1. The van der Waals surface area contributed by atoms with Crippen LogP contribution < -0.4 is 15.2 Å². The van der Waals surface area contributed by atoms with Gasteiger partial charge in [0.25, 0.3) is 0 Å². The second-order valence-electron chi connectivity index (χ2n) is 4.54. The zero-order chi connectivity index (χ0) is 15.2. The maximum atomic E-state index is 13.3. The summed E-state index contributed by atoms with van der Waals surface area (Å²) in [5.41, 5.74) is 7.10. The normalized spacial score (nSPS) is 12.0. The molecule has 1 atom stereocenters. The maximum absolute atomic E-state index is 13.3. The van der Waals surface area contributed by atoms with Gasteiger partial charge < -0.3 is 20.3 Å². The number of aliphatic hydroxyl groups excluding tert-OH is 1. The van der Waals surface area contributed by atoms with Crippen molar-refractivity contribution in [3.63, 3.8) is 0 Å². The summed E-state index contributed by atoms with van der Waals surface area (Å²) in [5, 5.41) is 9.13. The van der Waals surface area contributed by atoms with Crippen molar-refractivity contribution in [1.29, 1.82) is 0 Å². The molecule has 0 radical (unpaired) electrons. The third kappa shape index (κ3) is 3.71. The first-order chi connectivity index (χ1) is 10.2. The molecule has 2 rings (SSSR count). The Labute approximate surface area is 122 Å². The third-order valence-corrected chi connectivity index (χ3v) is 3.11. The fraction of sp³-hybridized carbons (Fsp3) is 0.250. The highest BCUT2D eigenvalue weighted by molar-refractivity contribution is 5.43. The van der Waals surface area contributed by atoms with Gasteiger partial charge in [-0.1, -0.05) is 18.2 Å². The molecule has 0 aromatic heterocycles. The molecule has 0 aliphatic carbocycles. The fourth-order valence-corrected chi connectivity index (χ4v) is 2.02. The highest BCUT2D eigenvalue weighted by Crippen LogP contribution is 2.32. The molecule has 0 spiro atoms. The Hall–Kier alpha value is -2.11. The van der Waals surface area contributed by atoms with Crippen LogP contribution in [0.15, 0.2) is 42.5 Å². The monoisotopic (exact) mass is 291 g/mol. The number of hydrogen-bond acceptors (Lipinski definition) is 4. The fourth-order valence-electron chi connectivity index (χ4n) is 2.02. The molecule has 5 heteroatoms. The zero-order valence-corrected chi connectivity index (χ0v) is 11.8. The highest BCUT2D eigenvalue weighted by Gasteiger charge is 2.15. The first kappa shape index (κ1) is 15.3. The number of hydrogen-bond donors (Lipinski definition) is 2. The van der Waals surface area contributed by atoms with E-state index in [2.05, 4.69) is 0 Å². The van der Waals surface area contributed by atoms with Crippen LogP contribution in [0, 0.1) is 5.82 Å². The Morgan fingerprint density at radius 3 is 2.62 bits per heavy atom. The largest absolute Gasteiger partial charge is 0.493 e. The van der Waals surface area contributed by atoms with Crippen LogP contribution in [-0.4, -0.2) is 18.8 Å². The van der Waals surface area contributed by atoms with Gasteiger partial charge >= 0.3 is 0 Å². The van der Waals surface area contributed by atoms with Gasteiger partial charge in [-0.3, -0.25) is 0 Å². The minimum absolute atomic E-state index is 0.0825. The number of ether oxygens (including phenoxy) is 2. The number of aliphatic hydroxyl groups is 1. The van der Waals surface area contributed by atoms with Gasteiger partial charge in [0.15, 0.2) is 11.5 Å². The van der Waals surface area contributed by atoms with Gasteiger partial charge in [0.1, 0.15) is 11.9 Å². The molecule has 2 aromatic carbocycles. The molecule has 112 valence electrons. The molecule has 1 unspecified atom stereocenters. The Morgan fingerprint density at radius 2 is 2.00 bits per heavy atom. The molecule has 0 saturated heterocycles. The van der Waals surface area contributed by atoms with Crippen LogP contribution >= 0.6 is 0 Å². The van der Waals surface area contributed by atoms with E-state index in [-0.39, 0.29) is 19.0 Å². The Kier molecular flexibility index (Phi) is 5.14. The number of methoxy groups -OCH3 is 1. The van der Waals surface area contributed by atoms with E-state index < -0.39 is 6.10 Å². The van der Waals surface area contributed by atoms with Crippen molar-refractivity contribution in [2.75, 3.05) is 13.7 Å². The Bertz CT molecular complexity index is 604. The molecule has 0 aliphatic rings. The second kappa shape index (κ2) is 7.06. The van der Waals surface area contributed by atoms with E-state index >= 15 is 0 Å². The van der Waals surface area contributed by atoms with Crippen molar-refractivity contribution in [3.8, 4) is 11.5 Å². The lowest BCUT2D eigenvalue weighted by atomic mass is 10.1. The molecular formula is C16H18FNO3. The standard InChI is InChI=1S/C16H18FNO3/c1-20-15-7-11(10-19)5-6-14(15)21-16(9-18)12-3-2-4-13(17)8-12/h2-8,16,19H,9-10,18H2,1H3. The van der Waals surface area contributed by atoms with Gasteiger partial charge in [0, 0.05) is 6.54 Å². The van der Waals surface area contributed by atoms with E-state index in [1.54, 1.807) is 30.3 Å². The van der Waals surface area contributed by atoms with Crippen LogP contribution in [0.4, 0.5) is 4.39 Å². The predicted molar refractivity (Wildman–Crippen MR) is 77.7 cm³/mol. The van der Waals surface area contributed by atoms with Crippen molar-refractivity contribution >= 4 is 0 Å². The summed E-state index contributed by atoms with van der Waals surface area (Å²) in [6.07, 6.45) is -0.477. The van der Waals surface area contributed by atoms with Crippen LogP contribution in [-0.2, 0) is 6.61 Å². The van der Waals surface area contributed by atoms with Crippen molar-refractivity contribution in [3.05, 3.63) is 59.4 Å². The molecule has 0 saturated carbocycles. The van der Waals surface area contributed by atoms with E-state index in [1.807, 2.05) is 0 Å². The Morgan fingerprint density at radius 1 is 1.19 bits per heavy atom. The Balaban J connectivity index is 2.26. The number of benzene rings is 2. The van der Waals surface area contributed by atoms with Crippen molar-refractivity contribution in [2.45, 2.75) is 12.7 Å². The quantitative estimate of drug-likeness (QED) is 0.858. The minimum Gasteiger partial charge on any atom is -0.493 e. The topological polar surface area (TPSA) is 64.7 Å². The molecule has 2 aromatic rings. The lowest BCUT2D eigenvalue weighted by molar-refractivity contribution is 0.203. The average Bonchev–Trinajstić information content (AvgIpc) is 2.52. The van der Waals surface area contributed by atoms with E-state index in [9.17, 15) is 4.39 Å². The SMILES string of the molecule is COc1cc(CO)ccc1OC(CN)c1cccc(F)c1. The van der Waals surface area contributed by atoms with Crippen LogP contribution in [0.25, 0.3) is 0 Å². The van der Waals surface area contributed by atoms with Crippen LogP contribution in [0.3, 0.4) is 0 Å². The molecule has 4 nitrogen and oxygen atoms in total. The molecule has 0 bridgehead atoms. The predicted octanol–water partition coefficient (Wildman–Crippen LogP) is 2.41. The van der Waals surface area contributed by atoms with E-state index in [4.69, 9.17) is 20.3 Å². The smallest absolute Gasteiger partial charge is 0.162 e. The summed E-state index contributed by atoms with van der Waals surface area (Å²) in [6.45, 7) is 0.120. The van der Waals surface area contributed by atoms with Gasteiger partial charge in [0.2, 0.25) is 0 Å². The van der Waals surface area contributed by atoms with Gasteiger partial charge in [-0.25, -0.2) is 4.39 Å². The highest BCUT2D eigenvalue weighted by atomic mass is 19.1. The zero-order valence-electron chi connectivity index (χ0n) is 11.8. The summed E-state index contributed by atoms with van der Waals surface area (Å²) in [6, 6.07) is 11.3. The van der Waals surface area contributed by atoms with Crippen LogP contribution in [0.1, 0.15) is 17.2 Å².